The third kappa shape index (κ3) is 4.17. The molecule has 2 N–H and O–H groups in total. The fourth-order valence-corrected chi connectivity index (χ4v) is 0.515. The fraction of sp³-hybridized carbons (Fsp3) is 0.833. The average Bonchev–Trinajstić information content (AvgIpc) is 1.85. The lowest BCUT2D eigenvalue weighted by atomic mass is 10.2. The molecule has 6 heteroatoms. The molecule has 0 heterocycles. The Morgan fingerprint density at radius 3 is 2.42 bits per heavy atom. The molecular weight excluding hydrogens is 175 g/mol. The van der Waals surface area contributed by atoms with Crippen LogP contribution < -0.4 is 5.73 Å². The summed E-state index contributed by atoms with van der Waals surface area (Å²) >= 11 is 0. The summed E-state index contributed by atoms with van der Waals surface area (Å²) in [7, 11) is 0. The zero-order valence-electron chi connectivity index (χ0n) is 6.52. The van der Waals surface area contributed by atoms with Crippen LogP contribution in [0, 0.1) is 0 Å². The van der Waals surface area contributed by atoms with Gasteiger partial charge in [-0.3, -0.25) is 4.79 Å². The summed E-state index contributed by atoms with van der Waals surface area (Å²) in [5.74, 6) is -0.928. The van der Waals surface area contributed by atoms with E-state index in [1.165, 1.54) is 6.92 Å². The standard InChI is InChI=1S/C6H10F3NO2/c1-2-12-5(11)3-4(10)6(7,8)9/h4H,2-3,10H2,1H3/t4-/m1/s1. The number of carbonyl (C=O) groups excluding carboxylic acids is 1. The summed E-state index contributed by atoms with van der Waals surface area (Å²) < 4.78 is 39.4. The number of carbonyl (C=O) groups is 1. The highest BCUT2D eigenvalue weighted by Crippen LogP contribution is 2.20. The van der Waals surface area contributed by atoms with Crippen molar-refractivity contribution in [2.45, 2.75) is 25.6 Å². The largest absolute Gasteiger partial charge is 0.466 e. The van der Waals surface area contributed by atoms with Gasteiger partial charge in [0.25, 0.3) is 0 Å². The van der Waals surface area contributed by atoms with Crippen molar-refractivity contribution in [1.29, 1.82) is 0 Å². The van der Waals surface area contributed by atoms with Gasteiger partial charge in [-0.25, -0.2) is 0 Å². The van der Waals surface area contributed by atoms with Crippen LogP contribution in [0.15, 0.2) is 0 Å². The predicted octanol–water partition coefficient (Wildman–Crippen LogP) is 0.829. The highest BCUT2D eigenvalue weighted by atomic mass is 19.4. The van der Waals surface area contributed by atoms with Gasteiger partial charge < -0.3 is 10.5 Å². The molecule has 12 heavy (non-hydrogen) atoms. The Bertz CT molecular complexity index is 157. The van der Waals surface area contributed by atoms with Gasteiger partial charge in [0, 0.05) is 0 Å². The monoisotopic (exact) mass is 185 g/mol. The molecule has 72 valence electrons. The van der Waals surface area contributed by atoms with Crippen LogP contribution in [0.25, 0.3) is 0 Å². The zero-order chi connectivity index (χ0) is 9.78. The number of nitrogens with two attached hydrogens (primary N) is 1. The van der Waals surface area contributed by atoms with E-state index in [1.54, 1.807) is 0 Å². The number of hydrogen-bond acceptors (Lipinski definition) is 3. The Balaban J connectivity index is 3.84. The first kappa shape index (κ1) is 11.2. The summed E-state index contributed by atoms with van der Waals surface area (Å²) in [6.45, 7) is 1.57. The van der Waals surface area contributed by atoms with E-state index in [0.29, 0.717) is 0 Å². The van der Waals surface area contributed by atoms with Crippen molar-refractivity contribution >= 4 is 5.97 Å². The van der Waals surface area contributed by atoms with E-state index in [9.17, 15) is 18.0 Å². The predicted molar refractivity (Wildman–Crippen MR) is 35.3 cm³/mol. The fourth-order valence-electron chi connectivity index (χ4n) is 0.515. The molecule has 0 saturated carbocycles. The highest BCUT2D eigenvalue weighted by Gasteiger charge is 2.38. The lowest BCUT2D eigenvalue weighted by molar-refractivity contribution is -0.164. The third-order valence-corrected chi connectivity index (χ3v) is 1.11. The summed E-state index contributed by atoms with van der Waals surface area (Å²) in [6, 6.07) is -2.13. The molecule has 0 rings (SSSR count). The van der Waals surface area contributed by atoms with Gasteiger partial charge in [0.05, 0.1) is 13.0 Å². The van der Waals surface area contributed by atoms with Crippen LogP contribution in [0.1, 0.15) is 13.3 Å². The van der Waals surface area contributed by atoms with E-state index in [-0.39, 0.29) is 6.61 Å². The molecule has 1 atom stereocenters. The molecule has 0 fully saturated rings. The van der Waals surface area contributed by atoms with Crippen molar-refractivity contribution in [3.8, 4) is 0 Å². The minimum Gasteiger partial charge on any atom is -0.466 e. The third-order valence-electron chi connectivity index (χ3n) is 1.11. The van der Waals surface area contributed by atoms with Gasteiger partial charge in [-0.2, -0.15) is 13.2 Å². The number of halogens is 3. The molecule has 0 aromatic carbocycles. The van der Waals surface area contributed by atoms with Crippen molar-refractivity contribution in [3.63, 3.8) is 0 Å². The summed E-state index contributed by atoms with van der Waals surface area (Å²) in [6.07, 6.45) is -5.36. The Hall–Kier alpha value is -0.780. The van der Waals surface area contributed by atoms with Gasteiger partial charge in [-0.1, -0.05) is 0 Å². The average molecular weight is 185 g/mol. The quantitative estimate of drug-likeness (QED) is 0.662. The van der Waals surface area contributed by atoms with Gasteiger partial charge >= 0.3 is 12.1 Å². The molecular formula is C6H10F3NO2. The zero-order valence-corrected chi connectivity index (χ0v) is 6.52. The first-order chi connectivity index (χ1) is 5.38. The van der Waals surface area contributed by atoms with Crippen LogP contribution >= 0.6 is 0 Å². The number of ether oxygens (including phenoxy) is 1. The first-order valence-corrected chi connectivity index (χ1v) is 3.35. The second kappa shape index (κ2) is 4.30. The van der Waals surface area contributed by atoms with Crippen LogP contribution in [0.2, 0.25) is 0 Å². The maximum Gasteiger partial charge on any atom is 0.404 e. The number of rotatable bonds is 3. The molecule has 0 aliphatic heterocycles. The number of alkyl halides is 3. The van der Waals surface area contributed by atoms with Gasteiger partial charge in [-0.15, -0.1) is 0 Å². The van der Waals surface area contributed by atoms with Gasteiger partial charge in [0.1, 0.15) is 6.04 Å². The lowest BCUT2D eigenvalue weighted by Gasteiger charge is -2.13. The van der Waals surface area contributed by atoms with E-state index in [1.807, 2.05) is 0 Å². The molecule has 0 spiro atoms. The van der Waals surface area contributed by atoms with Crippen molar-refractivity contribution in [2.24, 2.45) is 5.73 Å². The van der Waals surface area contributed by atoms with Gasteiger partial charge in [-0.05, 0) is 6.92 Å². The van der Waals surface area contributed by atoms with E-state index < -0.39 is 24.6 Å². The summed E-state index contributed by atoms with van der Waals surface area (Å²) in [5, 5.41) is 0. The lowest BCUT2D eigenvalue weighted by Crippen LogP contribution is -2.39. The molecule has 0 unspecified atom stereocenters. The highest BCUT2D eigenvalue weighted by molar-refractivity contribution is 5.70. The van der Waals surface area contributed by atoms with Crippen LogP contribution in [0.4, 0.5) is 13.2 Å². The molecule has 0 radical (unpaired) electrons. The van der Waals surface area contributed by atoms with Crippen LogP contribution in [-0.2, 0) is 9.53 Å². The summed E-state index contributed by atoms with van der Waals surface area (Å²) in [4.78, 5) is 10.5. The minimum absolute atomic E-state index is 0.0589. The Morgan fingerprint density at radius 1 is 1.58 bits per heavy atom. The van der Waals surface area contributed by atoms with Crippen molar-refractivity contribution in [2.75, 3.05) is 6.61 Å². The smallest absolute Gasteiger partial charge is 0.404 e. The minimum atomic E-state index is -4.53. The van der Waals surface area contributed by atoms with E-state index in [0.717, 1.165) is 0 Å². The van der Waals surface area contributed by atoms with Crippen molar-refractivity contribution in [1.82, 2.24) is 0 Å². The molecule has 0 aliphatic carbocycles. The molecule has 3 nitrogen and oxygen atoms in total. The second-order valence-electron chi connectivity index (χ2n) is 2.16. The summed E-state index contributed by atoms with van der Waals surface area (Å²) in [5.41, 5.74) is 4.66. The topological polar surface area (TPSA) is 52.3 Å². The maximum absolute atomic E-state index is 11.7. The maximum atomic E-state index is 11.7. The SMILES string of the molecule is CCOC(=O)C[C@@H](N)C(F)(F)F. The van der Waals surface area contributed by atoms with E-state index in [4.69, 9.17) is 0 Å². The number of hydrogen-bond donors (Lipinski definition) is 1. The molecule has 0 aliphatic rings. The first-order valence-electron chi connectivity index (χ1n) is 3.35. The van der Waals surface area contributed by atoms with Gasteiger partial charge in [0.2, 0.25) is 0 Å². The van der Waals surface area contributed by atoms with Gasteiger partial charge in [0.15, 0.2) is 0 Å². The molecule has 0 bridgehead atoms. The van der Waals surface area contributed by atoms with Crippen LogP contribution in [0.3, 0.4) is 0 Å². The van der Waals surface area contributed by atoms with Crippen molar-refractivity contribution in [3.05, 3.63) is 0 Å². The van der Waals surface area contributed by atoms with E-state index in [2.05, 4.69) is 10.5 Å². The molecule has 0 aromatic heterocycles. The Kier molecular flexibility index (Phi) is 4.02. The second-order valence-corrected chi connectivity index (χ2v) is 2.16. The van der Waals surface area contributed by atoms with Crippen LogP contribution in [-0.4, -0.2) is 24.8 Å². The Labute approximate surface area is 67.7 Å². The van der Waals surface area contributed by atoms with Crippen molar-refractivity contribution < 1.29 is 22.7 Å². The molecule has 0 aromatic rings. The Morgan fingerprint density at radius 2 is 2.08 bits per heavy atom. The molecule has 0 saturated heterocycles. The molecule has 0 amide bonds. The number of esters is 1. The normalized spacial score (nSPS) is 14.1. The van der Waals surface area contributed by atoms with Crippen LogP contribution in [0.5, 0.6) is 0 Å². The van der Waals surface area contributed by atoms with E-state index >= 15 is 0 Å².